The van der Waals surface area contributed by atoms with E-state index in [1.807, 2.05) is 0 Å². The molecule has 0 aliphatic carbocycles. The van der Waals surface area contributed by atoms with E-state index in [9.17, 15) is 0 Å². The van der Waals surface area contributed by atoms with Crippen LogP contribution in [0.5, 0.6) is 0 Å². The van der Waals surface area contributed by atoms with Crippen molar-refractivity contribution in [3.63, 3.8) is 0 Å². The molecule has 0 unspecified atom stereocenters. The highest BCUT2D eigenvalue weighted by molar-refractivity contribution is 5.51. The van der Waals surface area contributed by atoms with Crippen LogP contribution in [0.3, 0.4) is 0 Å². The van der Waals surface area contributed by atoms with Crippen molar-refractivity contribution < 1.29 is 17.0 Å². The van der Waals surface area contributed by atoms with Crippen LogP contribution in [0.1, 0.15) is 27.8 Å². The van der Waals surface area contributed by atoms with Gasteiger partial charge in [0.1, 0.15) is 26.2 Å². The van der Waals surface area contributed by atoms with E-state index >= 15 is 0 Å². The first-order valence-corrected chi connectivity index (χ1v) is 8.05. The standard InChI is InChI=1S/C20H25N2.ClH/c1-16-11-17(2)20(18(3)12-16)14-22-10-9-21(15-22)13-19-7-5-4-6-8-19;/h4-8,11-12,15H,9-10,13-14H2,1-3H3;1H/q+1;/p-1. The lowest BCUT2D eigenvalue weighted by Crippen LogP contribution is -3.00. The normalized spacial score (nSPS) is 13.7. The molecule has 0 bridgehead atoms. The Morgan fingerprint density at radius 2 is 1.65 bits per heavy atom. The van der Waals surface area contributed by atoms with Crippen molar-refractivity contribution in [1.82, 2.24) is 4.90 Å². The van der Waals surface area contributed by atoms with Crippen LogP contribution in [-0.2, 0) is 13.1 Å². The fraction of sp³-hybridized carbons (Fsp3) is 0.350. The van der Waals surface area contributed by atoms with Gasteiger partial charge in [0.05, 0.1) is 0 Å². The van der Waals surface area contributed by atoms with Gasteiger partial charge in [0, 0.05) is 0 Å². The average Bonchev–Trinajstić information content (AvgIpc) is 2.91. The number of hydrogen-bond acceptors (Lipinski definition) is 1. The van der Waals surface area contributed by atoms with Crippen LogP contribution in [0, 0.1) is 20.8 Å². The first kappa shape index (κ1) is 17.6. The molecule has 0 aromatic heterocycles. The van der Waals surface area contributed by atoms with Gasteiger partial charge < -0.3 is 12.4 Å². The molecule has 122 valence electrons. The average molecular weight is 329 g/mol. The van der Waals surface area contributed by atoms with Crippen molar-refractivity contribution in [2.45, 2.75) is 33.9 Å². The lowest BCUT2D eigenvalue weighted by molar-refractivity contribution is -0.530. The second-order valence-electron chi connectivity index (χ2n) is 6.42. The van der Waals surface area contributed by atoms with Gasteiger partial charge in [0.25, 0.3) is 0 Å². The van der Waals surface area contributed by atoms with E-state index in [1.165, 1.54) is 27.8 Å². The Kier molecular flexibility index (Phi) is 5.84. The largest absolute Gasteiger partial charge is 1.00 e. The Morgan fingerprint density at radius 3 is 2.30 bits per heavy atom. The Bertz CT molecular complexity index is 669. The molecule has 0 amide bonds. The van der Waals surface area contributed by atoms with Gasteiger partial charge in [-0.1, -0.05) is 48.0 Å². The van der Waals surface area contributed by atoms with Gasteiger partial charge in [-0.05, 0) is 43.0 Å². The molecule has 3 heteroatoms. The number of nitrogens with zero attached hydrogens (tertiary/aromatic N) is 2. The molecule has 3 rings (SSSR count). The van der Waals surface area contributed by atoms with Gasteiger partial charge in [0.2, 0.25) is 6.34 Å². The first-order chi connectivity index (χ1) is 10.6. The quantitative estimate of drug-likeness (QED) is 0.748. The molecule has 0 atom stereocenters. The van der Waals surface area contributed by atoms with E-state index in [4.69, 9.17) is 0 Å². The monoisotopic (exact) mass is 328 g/mol. The molecule has 0 fully saturated rings. The Balaban J connectivity index is 0.00000192. The van der Waals surface area contributed by atoms with E-state index in [1.54, 1.807) is 0 Å². The van der Waals surface area contributed by atoms with E-state index in [0.717, 1.165) is 26.2 Å². The second-order valence-corrected chi connectivity index (χ2v) is 6.42. The molecule has 0 spiro atoms. The maximum Gasteiger partial charge on any atom is 0.234 e. The molecule has 2 aromatic rings. The summed E-state index contributed by atoms with van der Waals surface area (Å²) in [5.41, 5.74) is 7.03. The minimum absolute atomic E-state index is 0. The highest BCUT2D eigenvalue weighted by Gasteiger charge is 2.20. The molecular formula is C20H25ClN2. The van der Waals surface area contributed by atoms with Crippen LogP contribution >= 0.6 is 0 Å². The predicted molar refractivity (Wildman–Crippen MR) is 92.4 cm³/mol. The summed E-state index contributed by atoms with van der Waals surface area (Å²) in [6.45, 7) is 10.9. The second kappa shape index (κ2) is 7.65. The lowest BCUT2D eigenvalue weighted by atomic mass is 9.99. The summed E-state index contributed by atoms with van der Waals surface area (Å²) in [7, 11) is 0. The zero-order chi connectivity index (χ0) is 15.5. The minimum Gasteiger partial charge on any atom is -1.00 e. The van der Waals surface area contributed by atoms with Crippen LogP contribution in [-0.4, -0.2) is 28.9 Å². The summed E-state index contributed by atoms with van der Waals surface area (Å²) in [4.78, 5) is 2.44. The highest BCUT2D eigenvalue weighted by Crippen LogP contribution is 2.18. The fourth-order valence-corrected chi connectivity index (χ4v) is 3.32. The summed E-state index contributed by atoms with van der Waals surface area (Å²) in [5, 5.41) is 0. The molecular weight excluding hydrogens is 304 g/mol. The number of hydrogen-bond donors (Lipinski definition) is 0. The number of halogens is 1. The zero-order valence-electron chi connectivity index (χ0n) is 14.2. The van der Waals surface area contributed by atoms with Gasteiger partial charge >= 0.3 is 0 Å². The van der Waals surface area contributed by atoms with Gasteiger partial charge in [-0.3, -0.25) is 9.48 Å². The lowest BCUT2D eigenvalue weighted by Gasteiger charge is -2.13. The minimum atomic E-state index is 0. The van der Waals surface area contributed by atoms with Crippen LogP contribution in [0.25, 0.3) is 0 Å². The van der Waals surface area contributed by atoms with E-state index in [-0.39, 0.29) is 12.4 Å². The van der Waals surface area contributed by atoms with Crippen molar-refractivity contribution in [3.8, 4) is 0 Å². The summed E-state index contributed by atoms with van der Waals surface area (Å²) >= 11 is 0. The third kappa shape index (κ3) is 4.35. The molecule has 0 saturated heterocycles. The summed E-state index contributed by atoms with van der Waals surface area (Å²) in [6.07, 6.45) is 2.30. The number of benzene rings is 2. The van der Waals surface area contributed by atoms with E-state index < -0.39 is 0 Å². The van der Waals surface area contributed by atoms with Gasteiger partial charge in [-0.15, -0.1) is 0 Å². The molecule has 0 radical (unpaired) electrons. The molecule has 2 nitrogen and oxygen atoms in total. The smallest absolute Gasteiger partial charge is 0.234 e. The third-order valence-electron chi connectivity index (χ3n) is 4.43. The van der Waals surface area contributed by atoms with Crippen molar-refractivity contribution in [3.05, 3.63) is 70.3 Å². The van der Waals surface area contributed by atoms with Crippen molar-refractivity contribution in [2.75, 3.05) is 13.1 Å². The van der Waals surface area contributed by atoms with Gasteiger partial charge in [0.15, 0.2) is 0 Å². The summed E-state index contributed by atoms with van der Waals surface area (Å²) in [6, 6.07) is 15.3. The molecule has 1 heterocycles. The summed E-state index contributed by atoms with van der Waals surface area (Å²) < 4.78 is 2.41. The maximum absolute atomic E-state index is 2.44. The van der Waals surface area contributed by atoms with Crippen LogP contribution < -0.4 is 12.4 Å². The van der Waals surface area contributed by atoms with Crippen molar-refractivity contribution >= 4 is 6.34 Å². The molecule has 2 aromatic carbocycles. The topological polar surface area (TPSA) is 6.25 Å². The molecule has 0 saturated carbocycles. The Morgan fingerprint density at radius 1 is 1.00 bits per heavy atom. The molecule has 0 N–H and O–H groups in total. The number of aryl methyl sites for hydroxylation is 3. The number of rotatable bonds is 4. The predicted octanol–water partition coefficient (Wildman–Crippen LogP) is 0.672. The van der Waals surface area contributed by atoms with Crippen LogP contribution in [0.2, 0.25) is 0 Å². The fourth-order valence-electron chi connectivity index (χ4n) is 3.32. The Hall–Kier alpha value is -1.80. The van der Waals surface area contributed by atoms with Gasteiger partial charge in [-0.25, -0.2) is 0 Å². The molecule has 1 aliphatic heterocycles. The maximum atomic E-state index is 2.44. The molecule has 1 aliphatic rings. The third-order valence-corrected chi connectivity index (χ3v) is 4.43. The Labute approximate surface area is 145 Å². The van der Waals surface area contributed by atoms with E-state index in [2.05, 4.69) is 79.0 Å². The first-order valence-electron chi connectivity index (χ1n) is 8.05. The van der Waals surface area contributed by atoms with E-state index in [0.29, 0.717) is 0 Å². The van der Waals surface area contributed by atoms with Gasteiger partial charge in [-0.2, -0.15) is 0 Å². The summed E-state index contributed by atoms with van der Waals surface area (Å²) in [5.74, 6) is 0. The van der Waals surface area contributed by atoms with Crippen LogP contribution in [0.4, 0.5) is 0 Å². The van der Waals surface area contributed by atoms with Crippen LogP contribution in [0.15, 0.2) is 42.5 Å². The zero-order valence-corrected chi connectivity index (χ0v) is 15.0. The van der Waals surface area contributed by atoms with Crippen molar-refractivity contribution in [1.29, 1.82) is 0 Å². The SMILES string of the molecule is Cc1cc(C)c(CN2C=[N+](Cc3ccccc3)CC2)c(C)c1.[Cl-]. The highest BCUT2D eigenvalue weighted by atomic mass is 35.5. The molecule has 23 heavy (non-hydrogen) atoms. The van der Waals surface area contributed by atoms with Crippen molar-refractivity contribution in [2.24, 2.45) is 0 Å².